The van der Waals surface area contributed by atoms with Gasteiger partial charge in [0.15, 0.2) is 0 Å². The number of tetrazole rings is 1. The molecule has 1 aromatic heterocycles. The molecule has 0 aliphatic heterocycles. The molecule has 8 heteroatoms. The summed E-state index contributed by atoms with van der Waals surface area (Å²) in [5.41, 5.74) is 0.750. The van der Waals surface area contributed by atoms with Crippen LogP contribution in [0.3, 0.4) is 0 Å². The summed E-state index contributed by atoms with van der Waals surface area (Å²) in [5, 5.41) is 15.4. The Hall–Kier alpha value is -2.09. The smallest absolute Gasteiger partial charge is 0.230 e. The molecule has 7 nitrogen and oxygen atoms in total. The maximum atomic E-state index is 12.1. The first-order valence-electron chi connectivity index (χ1n) is 8.59. The zero-order valence-electron chi connectivity index (χ0n) is 14.4. The first-order valence-corrected chi connectivity index (χ1v) is 9.57. The highest BCUT2D eigenvalue weighted by Crippen LogP contribution is 2.25. The zero-order chi connectivity index (χ0) is 17.5. The van der Waals surface area contributed by atoms with Crippen molar-refractivity contribution in [1.82, 2.24) is 25.5 Å². The average molecular weight is 361 g/mol. The lowest BCUT2D eigenvalue weighted by Crippen LogP contribution is -2.31. The minimum Gasteiger partial charge on any atom is -0.494 e. The molecule has 1 amide bonds. The molecule has 1 saturated carbocycles. The van der Waals surface area contributed by atoms with Crippen LogP contribution in [-0.4, -0.2) is 45.5 Å². The second-order valence-electron chi connectivity index (χ2n) is 6.14. The van der Waals surface area contributed by atoms with Gasteiger partial charge in [0.05, 0.1) is 12.9 Å². The molecule has 1 heterocycles. The Bertz CT molecular complexity index is 700. The van der Waals surface area contributed by atoms with Gasteiger partial charge in [0.2, 0.25) is 11.1 Å². The summed E-state index contributed by atoms with van der Waals surface area (Å²) >= 11 is 1.32. The normalized spacial score (nSPS) is 15.1. The summed E-state index contributed by atoms with van der Waals surface area (Å²) < 4.78 is 6.95. The number of amides is 1. The molecule has 0 radical (unpaired) electrons. The molecule has 3 rings (SSSR count). The van der Waals surface area contributed by atoms with Gasteiger partial charge in [0, 0.05) is 6.54 Å². The van der Waals surface area contributed by atoms with Crippen LogP contribution in [0.5, 0.6) is 5.75 Å². The molecule has 134 valence electrons. The van der Waals surface area contributed by atoms with Crippen molar-refractivity contribution in [2.75, 3.05) is 19.4 Å². The van der Waals surface area contributed by atoms with Crippen LogP contribution >= 0.6 is 11.8 Å². The molecule has 1 N–H and O–H groups in total. The van der Waals surface area contributed by atoms with Crippen LogP contribution in [0.1, 0.15) is 32.1 Å². The van der Waals surface area contributed by atoms with Crippen LogP contribution in [0.2, 0.25) is 0 Å². The maximum absolute atomic E-state index is 12.1. The van der Waals surface area contributed by atoms with Gasteiger partial charge in [-0.2, -0.15) is 4.68 Å². The quantitative estimate of drug-likeness (QED) is 0.763. The topological polar surface area (TPSA) is 81.9 Å². The highest BCUT2D eigenvalue weighted by atomic mass is 32.2. The Morgan fingerprint density at radius 1 is 1.32 bits per heavy atom. The standard InChI is InChI=1S/C17H23N5O2S/c1-24-15-10-6-5-9-14(15)22-17(19-20-21-22)25-12-16(23)18-11-13-7-3-2-4-8-13/h5-6,9-10,13H,2-4,7-8,11-12H2,1H3,(H,18,23). The summed E-state index contributed by atoms with van der Waals surface area (Å²) in [5.74, 6) is 1.62. The second kappa shape index (κ2) is 8.84. The Morgan fingerprint density at radius 2 is 2.12 bits per heavy atom. The van der Waals surface area contributed by atoms with Gasteiger partial charge in [-0.15, -0.1) is 5.10 Å². The Kier molecular flexibility index (Phi) is 6.27. The van der Waals surface area contributed by atoms with Crippen LogP contribution in [0.25, 0.3) is 5.69 Å². The van der Waals surface area contributed by atoms with Gasteiger partial charge < -0.3 is 10.1 Å². The van der Waals surface area contributed by atoms with Crippen molar-refractivity contribution >= 4 is 17.7 Å². The summed E-state index contributed by atoms with van der Waals surface area (Å²) in [6, 6.07) is 7.51. The van der Waals surface area contributed by atoms with Gasteiger partial charge in [0.1, 0.15) is 11.4 Å². The molecule has 0 bridgehead atoms. The van der Waals surface area contributed by atoms with Crippen molar-refractivity contribution in [3.63, 3.8) is 0 Å². The van der Waals surface area contributed by atoms with E-state index in [0.29, 0.717) is 22.6 Å². The predicted octanol–water partition coefficient (Wildman–Crippen LogP) is 2.46. The first kappa shape index (κ1) is 17.7. The number of benzene rings is 1. The third kappa shape index (κ3) is 4.72. The Morgan fingerprint density at radius 3 is 2.92 bits per heavy atom. The van der Waals surface area contributed by atoms with Crippen LogP contribution in [-0.2, 0) is 4.79 Å². The Balaban J connectivity index is 1.55. The molecule has 0 atom stereocenters. The van der Waals surface area contributed by atoms with Crippen molar-refractivity contribution < 1.29 is 9.53 Å². The van der Waals surface area contributed by atoms with E-state index in [2.05, 4.69) is 20.8 Å². The number of nitrogens with one attached hydrogen (secondary N) is 1. The van der Waals surface area contributed by atoms with Crippen molar-refractivity contribution in [2.24, 2.45) is 5.92 Å². The van der Waals surface area contributed by atoms with Gasteiger partial charge in [-0.05, 0) is 41.3 Å². The molecule has 0 unspecified atom stereocenters. The Labute approximate surface area is 151 Å². The molecule has 0 saturated heterocycles. The van der Waals surface area contributed by atoms with Gasteiger partial charge in [-0.25, -0.2) is 0 Å². The van der Waals surface area contributed by atoms with Gasteiger partial charge in [-0.1, -0.05) is 43.2 Å². The van der Waals surface area contributed by atoms with Crippen LogP contribution in [0.15, 0.2) is 29.4 Å². The van der Waals surface area contributed by atoms with Crippen LogP contribution in [0.4, 0.5) is 0 Å². The van der Waals surface area contributed by atoms with E-state index >= 15 is 0 Å². The molecule has 1 fully saturated rings. The predicted molar refractivity (Wildman–Crippen MR) is 96.0 cm³/mol. The lowest BCUT2D eigenvalue weighted by Gasteiger charge is -2.21. The number of carbonyl (C=O) groups is 1. The number of hydrogen-bond acceptors (Lipinski definition) is 6. The number of aromatic nitrogens is 4. The lowest BCUT2D eigenvalue weighted by molar-refractivity contribution is -0.118. The minimum atomic E-state index is 0.0187. The lowest BCUT2D eigenvalue weighted by atomic mass is 9.89. The molecule has 25 heavy (non-hydrogen) atoms. The van der Waals surface area contributed by atoms with Crippen LogP contribution < -0.4 is 10.1 Å². The fourth-order valence-corrected chi connectivity index (χ4v) is 3.77. The molecular weight excluding hydrogens is 338 g/mol. The van der Waals surface area contributed by atoms with E-state index in [9.17, 15) is 4.79 Å². The zero-order valence-corrected chi connectivity index (χ0v) is 15.2. The summed E-state index contributed by atoms with van der Waals surface area (Å²) in [6.45, 7) is 0.775. The van der Waals surface area contributed by atoms with E-state index in [0.717, 1.165) is 12.2 Å². The first-order chi connectivity index (χ1) is 12.3. The number of para-hydroxylation sites is 2. The largest absolute Gasteiger partial charge is 0.494 e. The number of hydrogen-bond donors (Lipinski definition) is 1. The SMILES string of the molecule is COc1ccccc1-n1nnnc1SCC(=O)NCC1CCCCC1. The van der Waals surface area contributed by atoms with Crippen molar-refractivity contribution in [3.05, 3.63) is 24.3 Å². The van der Waals surface area contributed by atoms with Gasteiger partial charge in [-0.3, -0.25) is 4.79 Å². The van der Waals surface area contributed by atoms with E-state index in [1.165, 1.54) is 43.9 Å². The van der Waals surface area contributed by atoms with Gasteiger partial charge >= 0.3 is 0 Å². The van der Waals surface area contributed by atoms with Crippen molar-refractivity contribution in [1.29, 1.82) is 0 Å². The number of rotatable bonds is 7. The van der Waals surface area contributed by atoms with Crippen molar-refractivity contribution in [2.45, 2.75) is 37.3 Å². The van der Waals surface area contributed by atoms with E-state index in [-0.39, 0.29) is 5.91 Å². The molecular formula is C17H23N5O2S. The van der Waals surface area contributed by atoms with E-state index in [1.807, 2.05) is 24.3 Å². The van der Waals surface area contributed by atoms with E-state index < -0.39 is 0 Å². The number of ether oxygens (including phenoxy) is 1. The molecule has 1 aromatic carbocycles. The molecule has 1 aliphatic carbocycles. The maximum Gasteiger partial charge on any atom is 0.230 e. The van der Waals surface area contributed by atoms with E-state index in [4.69, 9.17) is 4.74 Å². The number of methoxy groups -OCH3 is 1. The fourth-order valence-electron chi connectivity index (χ4n) is 3.06. The molecule has 2 aromatic rings. The number of carbonyl (C=O) groups excluding carboxylic acids is 1. The highest BCUT2D eigenvalue weighted by Gasteiger charge is 2.16. The summed E-state index contributed by atoms with van der Waals surface area (Å²) in [6.07, 6.45) is 6.33. The average Bonchev–Trinajstić information content (AvgIpc) is 3.14. The van der Waals surface area contributed by atoms with Gasteiger partial charge in [0.25, 0.3) is 0 Å². The third-order valence-electron chi connectivity index (χ3n) is 4.40. The van der Waals surface area contributed by atoms with Crippen LogP contribution in [0, 0.1) is 5.92 Å². The minimum absolute atomic E-state index is 0.0187. The highest BCUT2D eigenvalue weighted by molar-refractivity contribution is 7.99. The molecule has 0 spiro atoms. The third-order valence-corrected chi connectivity index (χ3v) is 5.32. The van der Waals surface area contributed by atoms with Crippen molar-refractivity contribution in [3.8, 4) is 11.4 Å². The summed E-state index contributed by atoms with van der Waals surface area (Å²) in [7, 11) is 1.61. The fraction of sp³-hybridized carbons (Fsp3) is 0.529. The second-order valence-corrected chi connectivity index (χ2v) is 7.08. The van der Waals surface area contributed by atoms with E-state index in [1.54, 1.807) is 11.8 Å². The summed E-state index contributed by atoms with van der Waals surface area (Å²) in [4.78, 5) is 12.1. The monoisotopic (exact) mass is 361 g/mol. The number of nitrogens with zero attached hydrogens (tertiary/aromatic N) is 4. The molecule has 1 aliphatic rings. The number of thioether (sulfide) groups is 1.